The summed E-state index contributed by atoms with van der Waals surface area (Å²) < 4.78 is 10.5. The number of ether oxygens (including phenoxy) is 2. The number of imide groups is 1. The van der Waals surface area contributed by atoms with E-state index in [1.807, 2.05) is 37.3 Å². The van der Waals surface area contributed by atoms with Crippen LogP contribution in [0, 0.1) is 0 Å². The fourth-order valence-electron chi connectivity index (χ4n) is 3.46. The van der Waals surface area contributed by atoms with Gasteiger partial charge in [-0.3, -0.25) is 14.5 Å². The second-order valence-corrected chi connectivity index (χ2v) is 6.95. The minimum absolute atomic E-state index is 0.0959. The Hall–Kier alpha value is -3.55. The zero-order valence-electron chi connectivity index (χ0n) is 15.9. The standard InChI is InChI=1S/C21H21N3O5/c1-13(14-5-3-2-4-6-14)24-20(26)16(23-21(24)27)8-10-19(25)22-15-7-9-17-18(11-15)29-12-28-17/h2-7,9,11,13,16H,8,10,12H2,1H3,(H,22,25)(H,23,27)/t13-,16+/m0/s1. The maximum Gasteiger partial charge on any atom is 0.325 e. The van der Waals surface area contributed by atoms with Gasteiger partial charge in [0.15, 0.2) is 11.5 Å². The minimum Gasteiger partial charge on any atom is -0.454 e. The fraction of sp³-hybridized carbons (Fsp3) is 0.286. The van der Waals surface area contributed by atoms with E-state index in [4.69, 9.17) is 9.47 Å². The zero-order valence-corrected chi connectivity index (χ0v) is 15.9. The zero-order chi connectivity index (χ0) is 20.4. The van der Waals surface area contributed by atoms with Gasteiger partial charge in [0.2, 0.25) is 12.7 Å². The van der Waals surface area contributed by atoms with Crippen LogP contribution < -0.4 is 20.1 Å². The number of benzene rings is 2. The van der Waals surface area contributed by atoms with Gasteiger partial charge >= 0.3 is 6.03 Å². The number of nitrogens with one attached hydrogen (secondary N) is 2. The van der Waals surface area contributed by atoms with E-state index in [0.29, 0.717) is 17.2 Å². The van der Waals surface area contributed by atoms with Crippen molar-refractivity contribution in [2.75, 3.05) is 12.1 Å². The van der Waals surface area contributed by atoms with E-state index in [9.17, 15) is 14.4 Å². The topological polar surface area (TPSA) is 97.0 Å². The van der Waals surface area contributed by atoms with Crippen molar-refractivity contribution >= 4 is 23.5 Å². The molecule has 0 aliphatic carbocycles. The first-order chi connectivity index (χ1) is 14.0. The molecule has 0 saturated carbocycles. The lowest BCUT2D eigenvalue weighted by Crippen LogP contribution is -2.34. The summed E-state index contributed by atoms with van der Waals surface area (Å²) in [5.41, 5.74) is 1.46. The average molecular weight is 395 g/mol. The predicted molar refractivity (Wildman–Crippen MR) is 104 cm³/mol. The van der Waals surface area contributed by atoms with Crippen LogP contribution in [0.15, 0.2) is 48.5 Å². The molecule has 1 saturated heterocycles. The fourth-order valence-corrected chi connectivity index (χ4v) is 3.46. The maximum absolute atomic E-state index is 12.7. The first-order valence-corrected chi connectivity index (χ1v) is 9.41. The van der Waals surface area contributed by atoms with Gasteiger partial charge < -0.3 is 20.1 Å². The molecule has 4 rings (SSSR count). The van der Waals surface area contributed by atoms with Crippen molar-refractivity contribution in [2.45, 2.75) is 31.8 Å². The minimum atomic E-state index is -0.712. The molecular formula is C21H21N3O5. The quantitative estimate of drug-likeness (QED) is 0.733. The van der Waals surface area contributed by atoms with Crippen molar-refractivity contribution in [2.24, 2.45) is 0 Å². The molecule has 0 bridgehead atoms. The highest BCUT2D eigenvalue weighted by molar-refractivity contribution is 6.05. The summed E-state index contributed by atoms with van der Waals surface area (Å²) in [6.45, 7) is 1.97. The summed E-state index contributed by atoms with van der Waals surface area (Å²) in [6, 6.07) is 13.0. The molecule has 2 N–H and O–H groups in total. The molecule has 150 valence electrons. The Morgan fingerprint density at radius 2 is 1.93 bits per heavy atom. The lowest BCUT2D eigenvalue weighted by Gasteiger charge is -2.21. The number of fused-ring (bicyclic) bond motifs is 1. The molecule has 8 nitrogen and oxygen atoms in total. The van der Waals surface area contributed by atoms with E-state index < -0.39 is 12.1 Å². The van der Waals surface area contributed by atoms with Crippen LogP contribution in [-0.4, -0.2) is 35.6 Å². The van der Waals surface area contributed by atoms with Crippen LogP contribution in [0.5, 0.6) is 11.5 Å². The molecule has 0 radical (unpaired) electrons. The molecule has 2 aliphatic rings. The van der Waals surface area contributed by atoms with E-state index in [-0.39, 0.29) is 37.5 Å². The Morgan fingerprint density at radius 3 is 2.72 bits per heavy atom. The summed E-state index contributed by atoms with van der Waals surface area (Å²) in [5, 5.41) is 5.45. The summed E-state index contributed by atoms with van der Waals surface area (Å²) >= 11 is 0. The van der Waals surface area contributed by atoms with Crippen LogP contribution in [-0.2, 0) is 9.59 Å². The van der Waals surface area contributed by atoms with Crippen LogP contribution in [0.25, 0.3) is 0 Å². The Morgan fingerprint density at radius 1 is 1.17 bits per heavy atom. The van der Waals surface area contributed by atoms with Crippen LogP contribution in [0.4, 0.5) is 10.5 Å². The highest BCUT2D eigenvalue weighted by atomic mass is 16.7. The van der Waals surface area contributed by atoms with Crippen LogP contribution >= 0.6 is 0 Å². The first kappa shape index (κ1) is 18.8. The number of anilines is 1. The number of nitrogens with zero attached hydrogens (tertiary/aromatic N) is 1. The Kier molecular flexibility index (Phi) is 5.07. The van der Waals surface area contributed by atoms with E-state index in [2.05, 4.69) is 10.6 Å². The van der Waals surface area contributed by atoms with Crippen LogP contribution in [0.1, 0.15) is 31.4 Å². The van der Waals surface area contributed by atoms with E-state index in [0.717, 1.165) is 5.56 Å². The monoisotopic (exact) mass is 395 g/mol. The van der Waals surface area contributed by atoms with Gasteiger partial charge in [-0.1, -0.05) is 30.3 Å². The molecule has 2 aromatic rings. The van der Waals surface area contributed by atoms with Gasteiger partial charge in [-0.2, -0.15) is 0 Å². The van der Waals surface area contributed by atoms with Crippen molar-refractivity contribution < 1.29 is 23.9 Å². The number of carbonyl (C=O) groups is 3. The lowest BCUT2D eigenvalue weighted by atomic mass is 10.1. The smallest absolute Gasteiger partial charge is 0.325 e. The van der Waals surface area contributed by atoms with Gasteiger partial charge in [-0.25, -0.2) is 4.79 Å². The summed E-state index contributed by atoms with van der Waals surface area (Å²) in [6.07, 6.45) is 0.317. The van der Waals surface area contributed by atoms with Crippen LogP contribution in [0.2, 0.25) is 0 Å². The Balaban J connectivity index is 1.33. The molecule has 4 amide bonds. The van der Waals surface area contributed by atoms with Crippen molar-refractivity contribution in [1.82, 2.24) is 10.2 Å². The summed E-state index contributed by atoms with van der Waals surface area (Å²) in [5.74, 6) is 0.643. The number of carbonyl (C=O) groups excluding carboxylic acids is 3. The number of hydrogen-bond acceptors (Lipinski definition) is 5. The van der Waals surface area contributed by atoms with Crippen LogP contribution in [0.3, 0.4) is 0 Å². The van der Waals surface area contributed by atoms with E-state index >= 15 is 0 Å². The molecule has 2 aliphatic heterocycles. The summed E-state index contributed by atoms with van der Waals surface area (Å²) in [4.78, 5) is 38.5. The molecule has 2 aromatic carbocycles. The highest BCUT2D eigenvalue weighted by Gasteiger charge is 2.40. The molecular weight excluding hydrogens is 374 g/mol. The number of hydrogen-bond donors (Lipinski definition) is 2. The molecule has 2 atom stereocenters. The molecule has 2 heterocycles. The number of amides is 4. The van der Waals surface area contributed by atoms with Crippen molar-refractivity contribution in [3.05, 3.63) is 54.1 Å². The van der Waals surface area contributed by atoms with Gasteiger partial charge in [0, 0.05) is 18.2 Å². The molecule has 8 heteroatoms. The van der Waals surface area contributed by atoms with Gasteiger partial charge in [-0.15, -0.1) is 0 Å². The largest absolute Gasteiger partial charge is 0.454 e. The third-order valence-electron chi connectivity index (χ3n) is 5.04. The van der Waals surface area contributed by atoms with Gasteiger partial charge in [0.05, 0.1) is 6.04 Å². The molecule has 0 spiro atoms. The third-order valence-corrected chi connectivity index (χ3v) is 5.04. The lowest BCUT2D eigenvalue weighted by molar-refractivity contribution is -0.129. The third kappa shape index (κ3) is 3.87. The maximum atomic E-state index is 12.7. The highest BCUT2D eigenvalue weighted by Crippen LogP contribution is 2.34. The summed E-state index contributed by atoms with van der Waals surface area (Å²) in [7, 11) is 0. The Bertz CT molecular complexity index is 947. The van der Waals surface area contributed by atoms with Crippen molar-refractivity contribution in [3.63, 3.8) is 0 Å². The molecule has 1 fully saturated rings. The number of rotatable bonds is 6. The normalized spacial score (nSPS) is 18.5. The SMILES string of the molecule is C[C@@H](c1ccccc1)N1C(=O)N[C@H](CCC(=O)Nc2ccc3c(c2)OCO3)C1=O. The van der Waals surface area contributed by atoms with Crippen molar-refractivity contribution in [3.8, 4) is 11.5 Å². The first-order valence-electron chi connectivity index (χ1n) is 9.41. The van der Waals surface area contributed by atoms with Crippen molar-refractivity contribution in [1.29, 1.82) is 0 Å². The second-order valence-electron chi connectivity index (χ2n) is 6.95. The molecule has 29 heavy (non-hydrogen) atoms. The average Bonchev–Trinajstić information content (AvgIpc) is 3.30. The molecule has 0 unspecified atom stereocenters. The predicted octanol–water partition coefficient (Wildman–Crippen LogP) is 2.82. The van der Waals surface area contributed by atoms with E-state index in [1.165, 1.54) is 4.90 Å². The van der Waals surface area contributed by atoms with Gasteiger partial charge in [-0.05, 0) is 31.0 Å². The van der Waals surface area contributed by atoms with Gasteiger partial charge in [0.25, 0.3) is 5.91 Å². The Labute approximate surface area is 167 Å². The van der Waals surface area contributed by atoms with Gasteiger partial charge in [0.1, 0.15) is 6.04 Å². The number of urea groups is 1. The molecule has 0 aromatic heterocycles. The second kappa shape index (κ2) is 7.83. The van der Waals surface area contributed by atoms with E-state index in [1.54, 1.807) is 18.2 Å².